The average molecular weight is 266 g/mol. The van der Waals surface area contributed by atoms with E-state index in [4.69, 9.17) is 5.11 Å². The molecule has 1 heterocycles. The number of aromatic nitrogens is 2. The van der Waals surface area contributed by atoms with Crippen LogP contribution in [0.25, 0.3) is 0 Å². The SMILES string of the molecule is Cc1nc(NCC(C)C(=O)O)cc(N(C)C(C)C)n1. The lowest BCUT2D eigenvalue weighted by Gasteiger charge is -2.23. The first-order chi connectivity index (χ1) is 8.81. The lowest BCUT2D eigenvalue weighted by Crippen LogP contribution is -2.27. The molecule has 19 heavy (non-hydrogen) atoms. The first kappa shape index (κ1) is 15.2. The molecule has 0 bridgehead atoms. The lowest BCUT2D eigenvalue weighted by atomic mass is 10.2. The first-order valence-corrected chi connectivity index (χ1v) is 6.36. The molecule has 1 aromatic heterocycles. The van der Waals surface area contributed by atoms with Gasteiger partial charge in [-0.25, -0.2) is 9.97 Å². The van der Waals surface area contributed by atoms with Gasteiger partial charge in [-0.2, -0.15) is 0 Å². The van der Waals surface area contributed by atoms with Crippen molar-refractivity contribution in [3.05, 3.63) is 11.9 Å². The summed E-state index contributed by atoms with van der Waals surface area (Å²) in [5, 5.41) is 11.9. The molecule has 0 aliphatic carbocycles. The van der Waals surface area contributed by atoms with Crippen molar-refractivity contribution in [2.75, 3.05) is 23.8 Å². The van der Waals surface area contributed by atoms with Crippen LogP contribution >= 0.6 is 0 Å². The van der Waals surface area contributed by atoms with Crippen LogP contribution in [-0.4, -0.2) is 40.7 Å². The molecule has 1 unspecified atom stereocenters. The summed E-state index contributed by atoms with van der Waals surface area (Å²) < 4.78 is 0. The van der Waals surface area contributed by atoms with E-state index < -0.39 is 11.9 Å². The Labute approximate surface area is 113 Å². The van der Waals surface area contributed by atoms with E-state index in [-0.39, 0.29) is 0 Å². The quantitative estimate of drug-likeness (QED) is 0.817. The molecular weight excluding hydrogens is 244 g/mol. The molecule has 0 aliphatic rings. The molecular formula is C13H22N4O2. The molecule has 1 rings (SSSR count). The van der Waals surface area contributed by atoms with Gasteiger partial charge in [-0.15, -0.1) is 0 Å². The van der Waals surface area contributed by atoms with Crippen LogP contribution in [0.4, 0.5) is 11.6 Å². The van der Waals surface area contributed by atoms with Crippen molar-refractivity contribution in [2.24, 2.45) is 5.92 Å². The fourth-order valence-electron chi connectivity index (χ4n) is 1.43. The van der Waals surface area contributed by atoms with Crippen molar-refractivity contribution >= 4 is 17.6 Å². The molecule has 2 N–H and O–H groups in total. The number of anilines is 2. The van der Waals surface area contributed by atoms with Crippen LogP contribution in [0, 0.1) is 12.8 Å². The molecule has 0 saturated heterocycles. The number of carboxylic acids is 1. The minimum atomic E-state index is -0.821. The summed E-state index contributed by atoms with van der Waals surface area (Å²) in [4.78, 5) is 21.5. The van der Waals surface area contributed by atoms with Gasteiger partial charge in [0.05, 0.1) is 5.92 Å². The number of aryl methyl sites for hydroxylation is 1. The Morgan fingerprint density at radius 3 is 2.58 bits per heavy atom. The van der Waals surface area contributed by atoms with Gasteiger partial charge in [-0.1, -0.05) is 6.92 Å². The summed E-state index contributed by atoms with van der Waals surface area (Å²) in [6.07, 6.45) is 0. The number of nitrogens with zero attached hydrogens (tertiary/aromatic N) is 3. The van der Waals surface area contributed by atoms with E-state index in [1.165, 1.54) is 0 Å². The summed E-state index contributed by atoms with van der Waals surface area (Å²) in [5.41, 5.74) is 0. The van der Waals surface area contributed by atoms with Gasteiger partial charge in [0.2, 0.25) is 0 Å². The van der Waals surface area contributed by atoms with Crippen molar-refractivity contribution in [1.29, 1.82) is 0 Å². The Bertz CT molecular complexity index is 448. The van der Waals surface area contributed by atoms with Gasteiger partial charge in [-0.3, -0.25) is 4.79 Å². The van der Waals surface area contributed by atoms with Crippen LogP contribution in [0.1, 0.15) is 26.6 Å². The van der Waals surface area contributed by atoms with Crippen LogP contribution in [0.2, 0.25) is 0 Å². The van der Waals surface area contributed by atoms with E-state index in [0.717, 1.165) is 5.82 Å². The molecule has 0 aromatic carbocycles. The van der Waals surface area contributed by atoms with Gasteiger partial charge in [-0.05, 0) is 20.8 Å². The number of hydrogen-bond acceptors (Lipinski definition) is 5. The molecule has 1 atom stereocenters. The zero-order valence-electron chi connectivity index (χ0n) is 12.1. The van der Waals surface area contributed by atoms with Crippen molar-refractivity contribution in [1.82, 2.24) is 9.97 Å². The summed E-state index contributed by atoms with van der Waals surface area (Å²) in [6, 6.07) is 2.17. The largest absolute Gasteiger partial charge is 0.481 e. The van der Waals surface area contributed by atoms with Crippen LogP contribution in [0.5, 0.6) is 0 Å². The van der Waals surface area contributed by atoms with Crippen LogP contribution in [0.15, 0.2) is 6.07 Å². The van der Waals surface area contributed by atoms with Gasteiger partial charge in [0.15, 0.2) is 0 Å². The summed E-state index contributed by atoms with van der Waals surface area (Å²) >= 11 is 0. The van der Waals surface area contributed by atoms with E-state index in [1.807, 2.05) is 24.9 Å². The monoisotopic (exact) mass is 266 g/mol. The Morgan fingerprint density at radius 1 is 1.42 bits per heavy atom. The molecule has 0 amide bonds. The highest BCUT2D eigenvalue weighted by atomic mass is 16.4. The van der Waals surface area contributed by atoms with Crippen molar-refractivity contribution < 1.29 is 9.90 Å². The molecule has 0 spiro atoms. The van der Waals surface area contributed by atoms with Crippen molar-refractivity contribution in [2.45, 2.75) is 33.7 Å². The second kappa shape index (κ2) is 6.36. The number of hydrogen-bond donors (Lipinski definition) is 2. The maximum absolute atomic E-state index is 10.8. The molecule has 0 fully saturated rings. The smallest absolute Gasteiger partial charge is 0.308 e. The molecule has 0 radical (unpaired) electrons. The number of nitrogens with one attached hydrogen (secondary N) is 1. The van der Waals surface area contributed by atoms with Crippen LogP contribution in [-0.2, 0) is 4.79 Å². The molecule has 1 aromatic rings. The summed E-state index contributed by atoms with van der Waals surface area (Å²) in [5.74, 6) is 0.867. The van der Waals surface area contributed by atoms with E-state index in [2.05, 4.69) is 29.1 Å². The Morgan fingerprint density at radius 2 is 2.05 bits per heavy atom. The fraction of sp³-hybridized carbons (Fsp3) is 0.615. The second-order valence-electron chi connectivity index (χ2n) is 4.98. The molecule has 6 nitrogen and oxygen atoms in total. The topological polar surface area (TPSA) is 78.3 Å². The van der Waals surface area contributed by atoms with Crippen molar-refractivity contribution in [3.63, 3.8) is 0 Å². The standard InChI is InChI=1S/C13H22N4O2/c1-8(2)17(5)12-6-11(15-10(4)16-12)14-7-9(3)13(18)19/h6,8-9H,7H2,1-5H3,(H,18,19)(H,14,15,16). The van der Waals surface area contributed by atoms with Gasteiger partial charge >= 0.3 is 5.97 Å². The number of aliphatic carboxylic acids is 1. The third kappa shape index (κ3) is 4.39. The number of carbonyl (C=O) groups is 1. The average Bonchev–Trinajstić information content (AvgIpc) is 2.33. The van der Waals surface area contributed by atoms with Gasteiger partial charge in [0, 0.05) is 25.7 Å². The zero-order chi connectivity index (χ0) is 14.6. The number of carboxylic acid groups (broad SMARTS) is 1. The highest BCUT2D eigenvalue weighted by Gasteiger charge is 2.12. The van der Waals surface area contributed by atoms with E-state index in [0.29, 0.717) is 24.2 Å². The predicted octanol–water partition coefficient (Wildman–Crippen LogP) is 1.76. The third-order valence-electron chi connectivity index (χ3n) is 2.97. The van der Waals surface area contributed by atoms with Crippen LogP contribution < -0.4 is 10.2 Å². The van der Waals surface area contributed by atoms with Gasteiger partial charge < -0.3 is 15.3 Å². The normalized spacial score (nSPS) is 12.3. The fourth-order valence-corrected chi connectivity index (χ4v) is 1.43. The maximum Gasteiger partial charge on any atom is 0.308 e. The highest BCUT2D eigenvalue weighted by Crippen LogP contribution is 2.16. The molecule has 6 heteroatoms. The minimum Gasteiger partial charge on any atom is -0.481 e. The molecule has 0 saturated carbocycles. The maximum atomic E-state index is 10.8. The van der Waals surface area contributed by atoms with E-state index >= 15 is 0 Å². The summed E-state index contributed by atoms with van der Waals surface area (Å²) in [7, 11) is 1.97. The Balaban J connectivity index is 2.82. The summed E-state index contributed by atoms with van der Waals surface area (Å²) in [6.45, 7) is 7.98. The number of rotatable bonds is 6. The van der Waals surface area contributed by atoms with Crippen LogP contribution in [0.3, 0.4) is 0 Å². The third-order valence-corrected chi connectivity index (χ3v) is 2.97. The van der Waals surface area contributed by atoms with E-state index in [1.54, 1.807) is 6.92 Å². The highest BCUT2D eigenvalue weighted by molar-refractivity contribution is 5.70. The lowest BCUT2D eigenvalue weighted by molar-refractivity contribution is -0.140. The minimum absolute atomic E-state index is 0.333. The molecule has 0 aliphatic heterocycles. The Kier molecular flexibility index (Phi) is 5.09. The van der Waals surface area contributed by atoms with Gasteiger partial charge in [0.1, 0.15) is 17.5 Å². The molecule has 106 valence electrons. The predicted molar refractivity (Wildman–Crippen MR) is 75.6 cm³/mol. The van der Waals surface area contributed by atoms with Crippen molar-refractivity contribution in [3.8, 4) is 0 Å². The Hall–Kier alpha value is -1.85. The van der Waals surface area contributed by atoms with E-state index in [9.17, 15) is 4.79 Å². The van der Waals surface area contributed by atoms with Gasteiger partial charge in [0.25, 0.3) is 0 Å². The second-order valence-corrected chi connectivity index (χ2v) is 4.98. The zero-order valence-corrected chi connectivity index (χ0v) is 12.1. The first-order valence-electron chi connectivity index (χ1n) is 6.36.